The summed E-state index contributed by atoms with van der Waals surface area (Å²) in [6, 6.07) is 8.40. The minimum atomic E-state index is 0.202. The van der Waals surface area contributed by atoms with Gasteiger partial charge in [-0.2, -0.15) is 0 Å². The van der Waals surface area contributed by atoms with Gasteiger partial charge < -0.3 is 29.7 Å². The van der Waals surface area contributed by atoms with Gasteiger partial charge >= 0.3 is 0 Å². The molecule has 1 fully saturated rings. The van der Waals surface area contributed by atoms with Crippen LogP contribution in [0.2, 0.25) is 0 Å². The fourth-order valence-corrected chi connectivity index (χ4v) is 3.26. The standard InChI is InChI=1S/C22H38N4O3/c1-5-23-22(24-12-6-13-28-16-18-11-14-29-17-18)25-15-21(26(2)3)19-7-9-20(27-4)10-8-19/h7-10,18,21H,5-6,11-17H2,1-4H3,(H2,23,24,25). The molecule has 1 heterocycles. The van der Waals surface area contributed by atoms with E-state index in [4.69, 9.17) is 19.2 Å². The molecule has 7 heteroatoms. The molecule has 0 spiro atoms. The molecular weight excluding hydrogens is 368 g/mol. The number of guanidine groups is 1. The van der Waals surface area contributed by atoms with E-state index in [0.717, 1.165) is 64.1 Å². The highest BCUT2D eigenvalue weighted by molar-refractivity contribution is 5.79. The molecule has 164 valence electrons. The summed E-state index contributed by atoms with van der Waals surface area (Å²) >= 11 is 0. The second-order valence-electron chi connectivity index (χ2n) is 7.56. The molecule has 1 aromatic rings. The van der Waals surface area contributed by atoms with Crippen molar-refractivity contribution < 1.29 is 14.2 Å². The lowest BCUT2D eigenvalue weighted by Crippen LogP contribution is -2.38. The Balaban J connectivity index is 1.78. The van der Waals surface area contributed by atoms with Gasteiger partial charge in [-0.1, -0.05) is 12.1 Å². The van der Waals surface area contributed by atoms with E-state index in [0.29, 0.717) is 12.5 Å². The summed E-state index contributed by atoms with van der Waals surface area (Å²) in [5, 5.41) is 6.73. The van der Waals surface area contributed by atoms with Crippen molar-refractivity contribution in [2.24, 2.45) is 10.9 Å². The summed E-state index contributed by atoms with van der Waals surface area (Å²) in [4.78, 5) is 6.99. The van der Waals surface area contributed by atoms with Crippen LogP contribution in [0.25, 0.3) is 0 Å². The lowest BCUT2D eigenvalue weighted by molar-refractivity contribution is 0.0888. The Morgan fingerprint density at radius 2 is 2.07 bits per heavy atom. The lowest BCUT2D eigenvalue weighted by Gasteiger charge is -2.24. The topological polar surface area (TPSA) is 67.4 Å². The Hall–Kier alpha value is -1.83. The lowest BCUT2D eigenvalue weighted by atomic mass is 10.1. The number of aliphatic imine (C=N–C) groups is 1. The van der Waals surface area contributed by atoms with E-state index in [1.165, 1.54) is 5.56 Å². The molecule has 0 saturated carbocycles. The second kappa shape index (κ2) is 13.4. The summed E-state index contributed by atoms with van der Waals surface area (Å²) < 4.78 is 16.4. The number of nitrogens with one attached hydrogen (secondary N) is 2. The first-order valence-corrected chi connectivity index (χ1v) is 10.6. The minimum Gasteiger partial charge on any atom is -0.497 e. The summed E-state index contributed by atoms with van der Waals surface area (Å²) in [5.74, 6) is 2.28. The number of rotatable bonds is 12. The molecule has 0 radical (unpaired) electrons. The number of hydrogen-bond acceptors (Lipinski definition) is 5. The SMILES string of the molecule is CCNC(=NCC(c1ccc(OC)cc1)N(C)C)NCCCOCC1CCOC1. The highest BCUT2D eigenvalue weighted by Crippen LogP contribution is 2.21. The van der Waals surface area contributed by atoms with E-state index in [1.54, 1.807) is 7.11 Å². The smallest absolute Gasteiger partial charge is 0.191 e. The van der Waals surface area contributed by atoms with Crippen LogP contribution >= 0.6 is 0 Å². The van der Waals surface area contributed by atoms with Crippen LogP contribution in [0, 0.1) is 5.92 Å². The number of methoxy groups -OCH3 is 1. The van der Waals surface area contributed by atoms with E-state index < -0.39 is 0 Å². The van der Waals surface area contributed by atoms with Gasteiger partial charge in [-0.25, -0.2) is 0 Å². The molecule has 2 atom stereocenters. The van der Waals surface area contributed by atoms with E-state index in [9.17, 15) is 0 Å². The van der Waals surface area contributed by atoms with E-state index in [-0.39, 0.29) is 6.04 Å². The van der Waals surface area contributed by atoms with Crippen LogP contribution in [0.5, 0.6) is 5.75 Å². The van der Waals surface area contributed by atoms with Crippen molar-refractivity contribution in [3.8, 4) is 5.75 Å². The summed E-state index contributed by atoms with van der Waals surface area (Å²) in [6.45, 7) is 7.71. The number of hydrogen-bond donors (Lipinski definition) is 2. The fourth-order valence-electron chi connectivity index (χ4n) is 3.26. The average Bonchev–Trinajstić information content (AvgIpc) is 3.24. The highest BCUT2D eigenvalue weighted by atomic mass is 16.5. The van der Waals surface area contributed by atoms with Gasteiger partial charge in [0.15, 0.2) is 5.96 Å². The molecule has 2 rings (SSSR count). The summed E-state index contributed by atoms with van der Waals surface area (Å²) in [6.07, 6.45) is 2.07. The maximum absolute atomic E-state index is 5.77. The van der Waals surface area contributed by atoms with Crippen LogP contribution in [0.15, 0.2) is 29.3 Å². The van der Waals surface area contributed by atoms with E-state index >= 15 is 0 Å². The molecule has 1 aromatic carbocycles. The Bertz CT molecular complexity index is 586. The zero-order valence-electron chi connectivity index (χ0n) is 18.4. The third-order valence-electron chi connectivity index (χ3n) is 5.03. The molecular formula is C22H38N4O3. The van der Waals surface area contributed by atoms with Crippen LogP contribution in [0.4, 0.5) is 0 Å². The largest absolute Gasteiger partial charge is 0.497 e. The Morgan fingerprint density at radius 3 is 2.69 bits per heavy atom. The van der Waals surface area contributed by atoms with Crippen LogP contribution in [-0.2, 0) is 9.47 Å². The normalized spacial score (nSPS) is 18.1. The van der Waals surface area contributed by atoms with Crippen LogP contribution in [0.3, 0.4) is 0 Å². The first kappa shape index (κ1) is 23.4. The number of nitrogens with zero attached hydrogens (tertiary/aromatic N) is 2. The molecule has 29 heavy (non-hydrogen) atoms. The van der Waals surface area contributed by atoms with Crippen molar-refractivity contribution in [2.45, 2.75) is 25.8 Å². The molecule has 0 aliphatic carbocycles. The molecule has 7 nitrogen and oxygen atoms in total. The van der Waals surface area contributed by atoms with Crippen molar-refractivity contribution in [2.75, 3.05) is 67.3 Å². The van der Waals surface area contributed by atoms with Gasteiger partial charge in [0.05, 0.1) is 32.9 Å². The maximum Gasteiger partial charge on any atom is 0.191 e. The first-order valence-electron chi connectivity index (χ1n) is 10.6. The predicted molar refractivity (Wildman–Crippen MR) is 118 cm³/mol. The molecule has 0 bridgehead atoms. The first-order chi connectivity index (χ1) is 14.1. The van der Waals surface area contributed by atoms with Crippen molar-refractivity contribution >= 4 is 5.96 Å². The van der Waals surface area contributed by atoms with Gasteiger partial charge in [-0.05, 0) is 51.6 Å². The van der Waals surface area contributed by atoms with Gasteiger partial charge in [0, 0.05) is 32.2 Å². The molecule has 2 N–H and O–H groups in total. The Labute approximate surface area is 175 Å². The second-order valence-corrected chi connectivity index (χ2v) is 7.56. The molecule has 1 aliphatic heterocycles. The van der Waals surface area contributed by atoms with Gasteiger partial charge in [0.2, 0.25) is 0 Å². The van der Waals surface area contributed by atoms with Crippen LogP contribution < -0.4 is 15.4 Å². The minimum absolute atomic E-state index is 0.202. The third-order valence-corrected chi connectivity index (χ3v) is 5.03. The zero-order chi connectivity index (χ0) is 20.9. The highest BCUT2D eigenvalue weighted by Gasteiger charge is 2.15. The van der Waals surface area contributed by atoms with Crippen molar-refractivity contribution in [1.82, 2.24) is 15.5 Å². The molecule has 1 saturated heterocycles. The number of benzene rings is 1. The van der Waals surface area contributed by atoms with Crippen molar-refractivity contribution in [1.29, 1.82) is 0 Å². The summed E-state index contributed by atoms with van der Waals surface area (Å²) in [5.41, 5.74) is 1.22. The monoisotopic (exact) mass is 406 g/mol. The van der Waals surface area contributed by atoms with Gasteiger partial charge in [-0.15, -0.1) is 0 Å². The number of likely N-dealkylation sites (N-methyl/N-ethyl adjacent to an activating group) is 1. The van der Waals surface area contributed by atoms with E-state index in [2.05, 4.69) is 48.7 Å². The molecule has 1 aliphatic rings. The van der Waals surface area contributed by atoms with E-state index in [1.807, 2.05) is 12.1 Å². The van der Waals surface area contributed by atoms with Gasteiger partial charge in [-0.3, -0.25) is 4.99 Å². The summed E-state index contributed by atoms with van der Waals surface area (Å²) in [7, 11) is 5.85. The average molecular weight is 407 g/mol. The molecule has 0 aromatic heterocycles. The quantitative estimate of drug-likeness (QED) is 0.315. The number of ether oxygens (including phenoxy) is 3. The zero-order valence-corrected chi connectivity index (χ0v) is 18.4. The molecule has 0 amide bonds. The Morgan fingerprint density at radius 1 is 1.28 bits per heavy atom. The van der Waals surface area contributed by atoms with Crippen LogP contribution in [-0.4, -0.2) is 78.1 Å². The predicted octanol–water partition coefficient (Wildman–Crippen LogP) is 2.30. The van der Waals surface area contributed by atoms with Crippen LogP contribution in [0.1, 0.15) is 31.4 Å². The van der Waals surface area contributed by atoms with Crippen molar-refractivity contribution in [3.05, 3.63) is 29.8 Å². The Kier molecular flexibility index (Phi) is 10.8. The van der Waals surface area contributed by atoms with Crippen molar-refractivity contribution in [3.63, 3.8) is 0 Å². The van der Waals surface area contributed by atoms with Gasteiger partial charge in [0.1, 0.15) is 5.75 Å². The fraction of sp³-hybridized carbons (Fsp3) is 0.682. The maximum atomic E-state index is 5.77. The third kappa shape index (κ3) is 8.60. The molecule has 2 unspecified atom stereocenters. The van der Waals surface area contributed by atoms with Gasteiger partial charge in [0.25, 0.3) is 0 Å².